The Bertz CT molecular complexity index is 1210. The molecule has 184 valence electrons. The summed E-state index contributed by atoms with van der Waals surface area (Å²) in [6.07, 6.45) is 3.49. The largest absolute Gasteiger partial charge is 0.506 e. The molecule has 1 aliphatic rings. The van der Waals surface area contributed by atoms with E-state index in [4.69, 9.17) is 0 Å². The molecule has 0 spiro atoms. The number of anilines is 1. The van der Waals surface area contributed by atoms with E-state index in [0.29, 0.717) is 10.7 Å². The van der Waals surface area contributed by atoms with Crippen molar-refractivity contribution < 1.29 is 19.1 Å². The maximum Gasteiger partial charge on any atom is 0.221 e. The first kappa shape index (κ1) is 24.9. The first-order valence-corrected chi connectivity index (χ1v) is 12.5. The molecule has 1 amide bonds. The maximum atomic E-state index is 13.6. The van der Waals surface area contributed by atoms with Crippen LogP contribution in [0.5, 0.6) is 5.75 Å². The van der Waals surface area contributed by atoms with Crippen molar-refractivity contribution in [3.63, 3.8) is 0 Å². The number of likely N-dealkylation sites (tertiary alicyclic amines) is 1. The quantitative estimate of drug-likeness (QED) is 0.267. The first-order chi connectivity index (χ1) is 16.8. The van der Waals surface area contributed by atoms with Gasteiger partial charge in [-0.15, -0.1) is 10.2 Å². The number of nitrogens with zero attached hydrogens (tertiary/aromatic N) is 4. The topological polar surface area (TPSA) is 100 Å². The van der Waals surface area contributed by atoms with Gasteiger partial charge in [-0.1, -0.05) is 18.2 Å². The van der Waals surface area contributed by atoms with Gasteiger partial charge in [-0.2, -0.15) is 0 Å². The van der Waals surface area contributed by atoms with Crippen LogP contribution in [0.3, 0.4) is 0 Å². The summed E-state index contributed by atoms with van der Waals surface area (Å²) < 4.78 is 15.5. The van der Waals surface area contributed by atoms with Crippen LogP contribution < -0.4 is 5.32 Å². The summed E-state index contributed by atoms with van der Waals surface area (Å²) >= 11 is 1.24. The van der Waals surface area contributed by atoms with Gasteiger partial charge in [0.05, 0.1) is 17.5 Å². The molecule has 0 radical (unpaired) electrons. The fourth-order valence-electron chi connectivity index (χ4n) is 4.16. The highest BCUT2D eigenvalue weighted by molar-refractivity contribution is 7.99. The third-order valence-corrected chi connectivity index (χ3v) is 6.95. The number of amides is 1. The molecule has 4 rings (SSSR count). The second-order valence-corrected chi connectivity index (χ2v) is 9.49. The Morgan fingerprint density at radius 3 is 2.51 bits per heavy atom. The lowest BCUT2D eigenvalue weighted by molar-refractivity contribution is -0.114. The van der Waals surface area contributed by atoms with Gasteiger partial charge in [0.25, 0.3) is 0 Å². The zero-order valence-corrected chi connectivity index (χ0v) is 20.5. The van der Waals surface area contributed by atoms with Crippen molar-refractivity contribution in [1.82, 2.24) is 19.7 Å². The van der Waals surface area contributed by atoms with Crippen LogP contribution in [-0.4, -0.2) is 55.3 Å². The van der Waals surface area contributed by atoms with Crippen LogP contribution in [-0.2, 0) is 4.79 Å². The summed E-state index contributed by atoms with van der Waals surface area (Å²) in [5.41, 5.74) is 1.26. The van der Waals surface area contributed by atoms with E-state index in [1.54, 1.807) is 12.1 Å². The van der Waals surface area contributed by atoms with Crippen molar-refractivity contribution in [1.29, 1.82) is 0 Å². The van der Waals surface area contributed by atoms with Crippen LogP contribution in [0.15, 0.2) is 47.6 Å². The number of Topliss-reactive ketones (excluding diaryl/α,β-unsaturated/α-hetero) is 1. The van der Waals surface area contributed by atoms with Crippen LogP contribution in [0, 0.1) is 5.82 Å². The second kappa shape index (κ2) is 11.0. The molecule has 2 heterocycles. The lowest BCUT2D eigenvalue weighted by Crippen LogP contribution is -2.33. The van der Waals surface area contributed by atoms with E-state index in [1.807, 2.05) is 4.57 Å². The molecule has 0 bridgehead atoms. The zero-order chi connectivity index (χ0) is 24.9. The highest BCUT2D eigenvalue weighted by atomic mass is 32.2. The molecule has 1 aliphatic heterocycles. The van der Waals surface area contributed by atoms with Gasteiger partial charge in [-0.3, -0.25) is 19.1 Å². The Morgan fingerprint density at radius 1 is 1.11 bits per heavy atom. The van der Waals surface area contributed by atoms with Crippen molar-refractivity contribution in [2.45, 2.75) is 44.3 Å². The lowest BCUT2D eigenvalue weighted by atomic mass is 10.1. The number of benzene rings is 2. The first-order valence-electron chi connectivity index (χ1n) is 11.6. The van der Waals surface area contributed by atoms with Crippen LogP contribution in [0.25, 0.3) is 5.69 Å². The van der Waals surface area contributed by atoms with E-state index >= 15 is 0 Å². The van der Waals surface area contributed by atoms with Crippen LogP contribution in [0.1, 0.15) is 55.3 Å². The molecule has 1 saturated heterocycles. The summed E-state index contributed by atoms with van der Waals surface area (Å²) in [6, 6.07) is 10.5. The van der Waals surface area contributed by atoms with Gasteiger partial charge in [0.15, 0.2) is 16.8 Å². The van der Waals surface area contributed by atoms with Crippen LogP contribution in [0.4, 0.5) is 10.1 Å². The SMILES string of the molecule is CC(=O)Nc1cc(C(=O)CSc2nnc(C(C)N3CCCCC3)n2-c2ccc(F)cc2)ccc1O. The number of carbonyl (C=O) groups is 2. The molecule has 1 unspecified atom stereocenters. The number of hydrogen-bond acceptors (Lipinski definition) is 7. The van der Waals surface area contributed by atoms with E-state index in [0.717, 1.165) is 37.4 Å². The summed E-state index contributed by atoms with van der Waals surface area (Å²) in [6.45, 7) is 5.38. The molecular formula is C25H28FN5O3S. The standard InChI is InChI=1S/C25H28FN5O3S/c1-16(30-12-4-3-5-13-30)24-28-29-25(31(24)20-9-7-19(26)8-10-20)35-15-23(34)18-6-11-22(33)21(14-18)27-17(2)32/h6-11,14,16,33H,3-5,12-13,15H2,1-2H3,(H,27,32). The smallest absolute Gasteiger partial charge is 0.221 e. The predicted octanol–water partition coefficient (Wildman–Crippen LogP) is 4.59. The number of aromatic nitrogens is 3. The van der Waals surface area contributed by atoms with Gasteiger partial charge < -0.3 is 10.4 Å². The molecule has 0 saturated carbocycles. The molecule has 35 heavy (non-hydrogen) atoms. The van der Waals surface area contributed by atoms with Crippen LogP contribution >= 0.6 is 11.8 Å². The molecular weight excluding hydrogens is 469 g/mol. The molecule has 1 atom stereocenters. The third-order valence-electron chi connectivity index (χ3n) is 6.02. The van der Waals surface area contributed by atoms with Crippen molar-refractivity contribution >= 4 is 29.1 Å². The Labute approximate surface area is 207 Å². The molecule has 3 aromatic rings. The average molecular weight is 498 g/mol. The normalized spacial score (nSPS) is 15.1. The molecule has 10 heteroatoms. The number of piperidine rings is 1. The molecule has 1 aromatic heterocycles. The monoisotopic (exact) mass is 497 g/mol. The lowest BCUT2D eigenvalue weighted by Gasteiger charge is -2.31. The van der Waals surface area contributed by atoms with Gasteiger partial charge in [0.2, 0.25) is 5.91 Å². The minimum Gasteiger partial charge on any atom is -0.506 e. The van der Waals surface area contributed by atoms with Crippen molar-refractivity contribution in [3.8, 4) is 11.4 Å². The van der Waals surface area contributed by atoms with E-state index < -0.39 is 0 Å². The highest BCUT2D eigenvalue weighted by Crippen LogP contribution is 2.30. The minimum atomic E-state index is -0.345. The van der Waals surface area contributed by atoms with Crippen molar-refractivity contribution in [2.75, 3.05) is 24.2 Å². The fraction of sp³-hybridized carbons (Fsp3) is 0.360. The van der Waals surface area contributed by atoms with Gasteiger partial charge in [0, 0.05) is 18.2 Å². The number of ketones is 1. The van der Waals surface area contributed by atoms with Gasteiger partial charge in [0.1, 0.15) is 11.6 Å². The van der Waals surface area contributed by atoms with Gasteiger partial charge in [-0.05, 0) is 75.3 Å². The van der Waals surface area contributed by atoms with E-state index in [2.05, 4.69) is 27.3 Å². The van der Waals surface area contributed by atoms with E-state index in [1.165, 1.54) is 55.4 Å². The number of carbonyl (C=O) groups excluding carboxylic acids is 2. The average Bonchev–Trinajstić information content (AvgIpc) is 3.28. The van der Waals surface area contributed by atoms with Gasteiger partial charge >= 0.3 is 0 Å². The highest BCUT2D eigenvalue weighted by Gasteiger charge is 2.26. The third kappa shape index (κ3) is 5.88. The Hall–Kier alpha value is -3.24. The maximum absolute atomic E-state index is 13.6. The number of hydrogen-bond donors (Lipinski definition) is 2. The van der Waals surface area contributed by atoms with Crippen molar-refractivity contribution in [2.24, 2.45) is 0 Å². The summed E-state index contributed by atoms with van der Waals surface area (Å²) in [4.78, 5) is 26.7. The predicted molar refractivity (Wildman–Crippen MR) is 133 cm³/mol. The number of phenols is 1. The molecule has 2 aromatic carbocycles. The zero-order valence-electron chi connectivity index (χ0n) is 19.7. The second-order valence-electron chi connectivity index (χ2n) is 8.55. The Balaban J connectivity index is 1.58. The number of aromatic hydroxyl groups is 1. The summed E-state index contributed by atoms with van der Waals surface area (Å²) in [7, 11) is 0. The molecule has 8 nitrogen and oxygen atoms in total. The number of nitrogens with one attached hydrogen (secondary N) is 1. The summed E-state index contributed by atoms with van der Waals surface area (Å²) in [5, 5.41) is 21.8. The number of thioether (sulfide) groups is 1. The Morgan fingerprint density at radius 2 is 1.83 bits per heavy atom. The van der Waals surface area contributed by atoms with E-state index in [-0.39, 0.29) is 40.7 Å². The molecule has 1 fully saturated rings. The number of phenolic OH excluding ortho intramolecular Hbond substituents is 1. The number of halogens is 1. The van der Waals surface area contributed by atoms with Crippen molar-refractivity contribution in [3.05, 3.63) is 59.7 Å². The summed E-state index contributed by atoms with van der Waals surface area (Å²) in [5.74, 6) is -0.174. The minimum absolute atomic E-state index is 0.00946. The molecule has 2 N–H and O–H groups in total. The van der Waals surface area contributed by atoms with E-state index in [9.17, 15) is 19.1 Å². The Kier molecular flexibility index (Phi) is 7.82. The van der Waals surface area contributed by atoms with Gasteiger partial charge in [-0.25, -0.2) is 4.39 Å². The van der Waals surface area contributed by atoms with Crippen LogP contribution in [0.2, 0.25) is 0 Å². The molecule has 0 aliphatic carbocycles. The fourth-order valence-corrected chi connectivity index (χ4v) is 5.01. The number of rotatable bonds is 8.